The SMILES string of the molecule is Nc1ncnc2c1ncn2[C@@H]1O[C@H](CO)[C@@H](O)[C@H]1OP(=O)(O)OC[C@H]1OC[C@](F)(n2cnc3c(=O)[nH]cnc32)[C@@H]1O. The van der Waals surface area contributed by atoms with Crippen molar-refractivity contribution < 1.29 is 47.7 Å². The lowest BCUT2D eigenvalue weighted by atomic mass is 10.1. The summed E-state index contributed by atoms with van der Waals surface area (Å²) in [4.78, 5) is 44.4. The summed E-state index contributed by atoms with van der Waals surface area (Å²) in [5, 5.41) is 31.0. The van der Waals surface area contributed by atoms with Gasteiger partial charge < -0.3 is 40.4 Å². The first-order valence-electron chi connectivity index (χ1n) is 12.0. The molecular formula is C20H23FN9O10P. The molecule has 7 N–H and O–H groups in total. The summed E-state index contributed by atoms with van der Waals surface area (Å²) in [7, 11) is -5.05. The number of halogens is 1. The van der Waals surface area contributed by atoms with Crippen molar-refractivity contribution in [2.45, 2.75) is 42.5 Å². The van der Waals surface area contributed by atoms with E-state index in [1.54, 1.807) is 0 Å². The van der Waals surface area contributed by atoms with Gasteiger partial charge in [-0.05, 0) is 0 Å². The Hall–Kier alpha value is -3.46. The third-order valence-electron chi connectivity index (χ3n) is 6.86. The monoisotopic (exact) mass is 599 g/mol. The molecule has 0 saturated carbocycles. The van der Waals surface area contributed by atoms with E-state index in [4.69, 9.17) is 24.3 Å². The van der Waals surface area contributed by atoms with E-state index in [1.165, 1.54) is 10.9 Å². The fourth-order valence-corrected chi connectivity index (χ4v) is 5.70. The average molecular weight is 599 g/mol. The number of nitrogens with one attached hydrogen (secondary N) is 1. The van der Waals surface area contributed by atoms with E-state index in [9.17, 15) is 29.6 Å². The predicted octanol–water partition coefficient (Wildman–Crippen LogP) is -2.32. The van der Waals surface area contributed by atoms with E-state index in [2.05, 4.69) is 29.9 Å². The molecule has 2 saturated heterocycles. The Morgan fingerprint density at radius 1 is 1.17 bits per heavy atom. The molecule has 6 rings (SSSR count). The Kier molecular flexibility index (Phi) is 6.83. The molecule has 0 aromatic carbocycles. The molecule has 1 unspecified atom stereocenters. The van der Waals surface area contributed by atoms with E-state index < -0.39 is 75.7 Å². The molecule has 0 bridgehead atoms. The minimum absolute atomic E-state index is 0.0463. The summed E-state index contributed by atoms with van der Waals surface area (Å²) in [6, 6.07) is 0. The molecule has 2 fully saturated rings. The first-order chi connectivity index (χ1) is 19.5. The van der Waals surface area contributed by atoms with Crippen molar-refractivity contribution in [1.29, 1.82) is 0 Å². The van der Waals surface area contributed by atoms with Crippen LogP contribution in [0, 0.1) is 0 Å². The molecule has 8 atom stereocenters. The second-order valence-electron chi connectivity index (χ2n) is 9.29. The van der Waals surface area contributed by atoms with E-state index in [0.717, 1.165) is 23.5 Å². The van der Waals surface area contributed by atoms with Crippen LogP contribution in [0.2, 0.25) is 0 Å². The number of fused-ring (bicyclic) bond motifs is 2. The Morgan fingerprint density at radius 3 is 2.73 bits per heavy atom. The van der Waals surface area contributed by atoms with E-state index in [-0.39, 0.29) is 28.1 Å². The zero-order valence-corrected chi connectivity index (χ0v) is 21.6. The number of nitrogens with two attached hydrogens (primary N) is 1. The molecule has 0 spiro atoms. The topological polar surface area (TPSA) is 268 Å². The van der Waals surface area contributed by atoms with Gasteiger partial charge in [-0.3, -0.25) is 23.0 Å². The Morgan fingerprint density at radius 2 is 1.95 bits per heavy atom. The number of anilines is 1. The number of aliphatic hydroxyl groups is 3. The van der Waals surface area contributed by atoms with Crippen molar-refractivity contribution >= 4 is 36.0 Å². The van der Waals surface area contributed by atoms with Gasteiger partial charge in [0.1, 0.15) is 55.3 Å². The maximum atomic E-state index is 15.9. The van der Waals surface area contributed by atoms with Crippen LogP contribution >= 0.6 is 7.82 Å². The number of nitrogen functional groups attached to an aromatic ring is 1. The summed E-state index contributed by atoms with van der Waals surface area (Å²) >= 11 is 0. The van der Waals surface area contributed by atoms with Gasteiger partial charge in [0.05, 0.1) is 25.9 Å². The summed E-state index contributed by atoms with van der Waals surface area (Å²) in [6.07, 6.45) is -4.75. The second kappa shape index (κ2) is 10.1. The number of aliphatic hydroxyl groups excluding tert-OH is 3. The number of hydrogen-bond donors (Lipinski definition) is 6. The fourth-order valence-electron chi connectivity index (χ4n) is 4.77. The Balaban J connectivity index is 1.18. The number of ether oxygens (including phenoxy) is 2. The third kappa shape index (κ3) is 4.58. The maximum absolute atomic E-state index is 15.9. The van der Waals surface area contributed by atoms with Gasteiger partial charge in [-0.1, -0.05) is 0 Å². The number of aromatic nitrogens is 8. The van der Waals surface area contributed by atoms with Crippen LogP contribution in [0.3, 0.4) is 0 Å². The van der Waals surface area contributed by atoms with Crippen LogP contribution in [-0.4, -0.2) is 110 Å². The smallest absolute Gasteiger partial charge is 0.394 e. The van der Waals surface area contributed by atoms with E-state index in [0.29, 0.717) is 0 Å². The third-order valence-corrected chi connectivity index (χ3v) is 7.84. The molecule has 220 valence electrons. The normalized spacial score (nSPS) is 31.7. The highest BCUT2D eigenvalue weighted by atomic mass is 31.2. The number of nitrogens with zero attached hydrogens (tertiary/aromatic N) is 7. The van der Waals surface area contributed by atoms with Gasteiger partial charge in [-0.25, -0.2) is 33.9 Å². The van der Waals surface area contributed by atoms with E-state index in [1.807, 2.05) is 0 Å². The van der Waals surface area contributed by atoms with Gasteiger partial charge >= 0.3 is 7.82 Å². The van der Waals surface area contributed by atoms with Crippen LogP contribution in [0.4, 0.5) is 10.2 Å². The molecule has 4 aromatic rings. The molecule has 19 nitrogen and oxygen atoms in total. The van der Waals surface area contributed by atoms with Crippen molar-refractivity contribution in [1.82, 2.24) is 39.0 Å². The van der Waals surface area contributed by atoms with Crippen LogP contribution < -0.4 is 11.3 Å². The number of imidazole rings is 2. The van der Waals surface area contributed by atoms with Gasteiger partial charge in [-0.15, -0.1) is 0 Å². The quantitative estimate of drug-likeness (QED) is 0.116. The maximum Gasteiger partial charge on any atom is 0.472 e. The van der Waals surface area contributed by atoms with Gasteiger partial charge in [0.2, 0.25) is 5.79 Å². The highest BCUT2D eigenvalue weighted by molar-refractivity contribution is 7.47. The van der Waals surface area contributed by atoms with Gasteiger partial charge in [0.15, 0.2) is 28.9 Å². The summed E-state index contributed by atoms with van der Waals surface area (Å²) < 4.78 is 52.1. The van der Waals surface area contributed by atoms with Gasteiger partial charge in [-0.2, -0.15) is 0 Å². The summed E-state index contributed by atoms with van der Waals surface area (Å²) in [6.45, 7) is -2.22. The minimum atomic E-state index is -5.05. The molecule has 2 aliphatic heterocycles. The van der Waals surface area contributed by atoms with Crippen molar-refractivity contribution in [3.05, 3.63) is 35.7 Å². The average Bonchev–Trinajstić information content (AvgIpc) is 3.70. The second-order valence-corrected chi connectivity index (χ2v) is 10.7. The van der Waals surface area contributed by atoms with Crippen molar-refractivity contribution in [2.75, 3.05) is 25.6 Å². The van der Waals surface area contributed by atoms with Crippen LogP contribution in [-0.2, 0) is 28.9 Å². The Labute approximate surface area is 226 Å². The van der Waals surface area contributed by atoms with Crippen molar-refractivity contribution in [3.8, 4) is 0 Å². The molecule has 4 aromatic heterocycles. The molecule has 2 aliphatic rings. The van der Waals surface area contributed by atoms with Gasteiger partial charge in [0, 0.05) is 0 Å². The summed E-state index contributed by atoms with van der Waals surface area (Å²) in [5.74, 6) is -2.60. The number of aromatic amines is 1. The lowest BCUT2D eigenvalue weighted by molar-refractivity contribution is -0.0568. The van der Waals surface area contributed by atoms with Crippen LogP contribution in [0.1, 0.15) is 6.23 Å². The van der Waals surface area contributed by atoms with Crippen LogP contribution in [0.15, 0.2) is 30.1 Å². The number of rotatable bonds is 8. The highest BCUT2D eigenvalue weighted by Gasteiger charge is 2.54. The van der Waals surface area contributed by atoms with Crippen molar-refractivity contribution in [3.63, 3.8) is 0 Å². The number of phosphoric acid groups is 1. The molecular weight excluding hydrogens is 576 g/mol. The van der Waals surface area contributed by atoms with Crippen LogP contribution in [0.25, 0.3) is 22.3 Å². The zero-order valence-electron chi connectivity index (χ0n) is 20.7. The standard InChI is InChI=1S/C20H23FN9O10P/c21-20(30-7-28-11-17(30)25-5-26-18(11)34)3-37-9(14(20)33)2-38-41(35,36)40-13-12(32)8(1-31)39-19(13)29-6-27-10-15(22)23-4-24-16(10)29/h4-9,12-14,19,31-33H,1-3H2,(H,35,36)(H2,22,23,24)(H,25,26,34)/t8-,9-,12-,13-,14-,19-,20+/m1/s1. The lowest BCUT2D eigenvalue weighted by Crippen LogP contribution is -2.43. The molecule has 0 amide bonds. The minimum Gasteiger partial charge on any atom is -0.394 e. The first kappa shape index (κ1) is 27.7. The predicted molar refractivity (Wildman–Crippen MR) is 130 cm³/mol. The number of H-pyrrole nitrogens is 1. The molecule has 41 heavy (non-hydrogen) atoms. The number of hydrogen-bond acceptors (Lipinski definition) is 15. The molecule has 0 aliphatic carbocycles. The van der Waals surface area contributed by atoms with Gasteiger partial charge in [0.25, 0.3) is 5.56 Å². The summed E-state index contributed by atoms with van der Waals surface area (Å²) in [5.41, 5.74) is 5.20. The number of alkyl halides is 1. The van der Waals surface area contributed by atoms with Crippen LogP contribution in [0.5, 0.6) is 0 Å². The highest BCUT2D eigenvalue weighted by Crippen LogP contribution is 2.50. The molecule has 21 heteroatoms. The van der Waals surface area contributed by atoms with E-state index >= 15 is 4.39 Å². The molecule has 0 radical (unpaired) electrons. The fraction of sp³-hybridized carbons (Fsp3) is 0.500. The molecule has 6 heterocycles. The zero-order chi connectivity index (χ0) is 29.1. The lowest BCUT2D eigenvalue weighted by Gasteiger charge is -2.26. The first-order valence-corrected chi connectivity index (χ1v) is 13.5. The Bertz CT molecular complexity index is 1700. The number of phosphoric ester groups is 1. The largest absolute Gasteiger partial charge is 0.472 e. The van der Waals surface area contributed by atoms with Crippen molar-refractivity contribution in [2.24, 2.45) is 0 Å².